The SMILES string of the molecule is CC(C)(O)C(C)(C)O[B]c1cccc(N)c1Cl. The van der Waals surface area contributed by atoms with Gasteiger partial charge in [0.05, 0.1) is 16.2 Å². The quantitative estimate of drug-likeness (QED) is 0.636. The summed E-state index contributed by atoms with van der Waals surface area (Å²) in [5.41, 5.74) is 5.21. The maximum atomic E-state index is 9.94. The smallest absolute Gasteiger partial charge is 0.332 e. The van der Waals surface area contributed by atoms with Gasteiger partial charge in [-0.1, -0.05) is 23.7 Å². The maximum Gasteiger partial charge on any atom is 0.332 e. The van der Waals surface area contributed by atoms with Crippen LogP contribution in [0.2, 0.25) is 5.02 Å². The van der Waals surface area contributed by atoms with Crippen molar-refractivity contribution in [1.29, 1.82) is 0 Å². The van der Waals surface area contributed by atoms with Crippen LogP contribution in [0.15, 0.2) is 18.2 Å². The van der Waals surface area contributed by atoms with Crippen molar-refractivity contribution < 1.29 is 9.76 Å². The lowest BCUT2D eigenvalue weighted by atomic mass is 9.82. The second kappa shape index (κ2) is 4.88. The number of hydrogen-bond donors (Lipinski definition) is 2. The molecule has 0 saturated carbocycles. The van der Waals surface area contributed by atoms with E-state index in [9.17, 15) is 5.11 Å². The number of nitrogen functional groups attached to an aromatic ring is 1. The Balaban J connectivity index is 2.78. The van der Waals surface area contributed by atoms with Crippen molar-refractivity contribution in [3.8, 4) is 0 Å². The lowest BCUT2D eigenvalue weighted by Gasteiger charge is -2.37. The first-order valence-electron chi connectivity index (χ1n) is 5.42. The van der Waals surface area contributed by atoms with E-state index in [1.165, 1.54) is 7.48 Å². The standard InChI is InChI=1S/C12H18BClNO2/c1-11(2,16)12(3,4)17-13-8-6-5-7-9(15)10(8)14/h5-7,16H,15H2,1-4H3. The predicted octanol–water partition coefficient (Wildman–Crippen LogP) is 1.73. The average molecular weight is 255 g/mol. The van der Waals surface area contributed by atoms with E-state index in [2.05, 4.69) is 0 Å². The summed E-state index contributed by atoms with van der Waals surface area (Å²) in [6.45, 7) is 7.01. The molecule has 5 heteroatoms. The van der Waals surface area contributed by atoms with E-state index in [0.29, 0.717) is 16.2 Å². The maximum absolute atomic E-state index is 9.94. The van der Waals surface area contributed by atoms with Crippen LogP contribution < -0.4 is 11.2 Å². The Hall–Kier alpha value is -0.705. The summed E-state index contributed by atoms with van der Waals surface area (Å²) in [6.07, 6.45) is 0. The van der Waals surface area contributed by atoms with Crippen LogP contribution >= 0.6 is 11.6 Å². The number of hydrogen-bond acceptors (Lipinski definition) is 3. The van der Waals surface area contributed by atoms with E-state index in [1.54, 1.807) is 32.0 Å². The van der Waals surface area contributed by atoms with Crippen LogP contribution in [0.5, 0.6) is 0 Å². The van der Waals surface area contributed by atoms with Crippen molar-refractivity contribution >= 4 is 30.2 Å². The molecular formula is C12H18BClNO2. The molecule has 0 spiro atoms. The predicted molar refractivity (Wildman–Crippen MR) is 72.7 cm³/mol. The minimum atomic E-state index is -0.962. The van der Waals surface area contributed by atoms with Crippen LogP contribution in [-0.4, -0.2) is 23.8 Å². The molecule has 0 atom stereocenters. The highest BCUT2D eigenvalue weighted by molar-refractivity contribution is 6.54. The zero-order chi connectivity index (χ0) is 13.3. The number of halogens is 1. The van der Waals surface area contributed by atoms with Gasteiger partial charge in [0.2, 0.25) is 0 Å². The van der Waals surface area contributed by atoms with Gasteiger partial charge >= 0.3 is 7.48 Å². The first-order valence-corrected chi connectivity index (χ1v) is 5.80. The monoisotopic (exact) mass is 254 g/mol. The molecule has 0 aliphatic carbocycles. The van der Waals surface area contributed by atoms with Gasteiger partial charge < -0.3 is 15.5 Å². The molecule has 3 nitrogen and oxygen atoms in total. The Labute approximate surface area is 108 Å². The number of benzene rings is 1. The molecule has 0 unspecified atom stereocenters. The van der Waals surface area contributed by atoms with Crippen molar-refractivity contribution in [2.75, 3.05) is 5.73 Å². The van der Waals surface area contributed by atoms with Crippen LogP contribution in [0.4, 0.5) is 5.69 Å². The van der Waals surface area contributed by atoms with Gasteiger partial charge in [0.25, 0.3) is 0 Å². The normalized spacial score (nSPS) is 12.6. The molecule has 93 valence electrons. The third-order valence-electron chi connectivity index (χ3n) is 3.01. The molecule has 0 fully saturated rings. The van der Waals surface area contributed by atoms with Crippen LogP contribution in [0.1, 0.15) is 27.7 Å². The third-order valence-corrected chi connectivity index (χ3v) is 3.45. The molecule has 1 aromatic carbocycles. The van der Waals surface area contributed by atoms with E-state index >= 15 is 0 Å². The summed E-state index contributed by atoms with van der Waals surface area (Å²) in [6, 6.07) is 5.33. The molecule has 0 aliphatic heterocycles. The van der Waals surface area contributed by atoms with Gasteiger partial charge in [-0.15, -0.1) is 0 Å². The molecule has 0 aliphatic rings. The highest BCUT2D eigenvalue weighted by atomic mass is 35.5. The van der Waals surface area contributed by atoms with Gasteiger partial charge in [-0.3, -0.25) is 0 Å². The molecule has 0 amide bonds. The first kappa shape index (κ1) is 14.4. The molecular weight excluding hydrogens is 236 g/mol. The van der Waals surface area contributed by atoms with Gasteiger partial charge in [0, 0.05) is 5.69 Å². The average Bonchev–Trinajstić information content (AvgIpc) is 2.18. The molecule has 17 heavy (non-hydrogen) atoms. The van der Waals surface area contributed by atoms with Crippen LogP contribution in [0.3, 0.4) is 0 Å². The zero-order valence-corrected chi connectivity index (χ0v) is 11.4. The number of nitrogens with two attached hydrogens (primary N) is 1. The molecule has 1 rings (SSSR count). The van der Waals surface area contributed by atoms with Crippen molar-refractivity contribution in [2.45, 2.75) is 38.9 Å². The Morgan fingerprint density at radius 3 is 2.41 bits per heavy atom. The van der Waals surface area contributed by atoms with Crippen LogP contribution in [0.25, 0.3) is 0 Å². The minimum Gasteiger partial charge on any atom is -0.427 e. The van der Waals surface area contributed by atoms with E-state index in [0.717, 1.165) is 0 Å². The molecule has 0 heterocycles. The highest BCUT2D eigenvalue weighted by Crippen LogP contribution is 2.24. The van der Waals surface area contributed by atoms with Crippen LogP contribution in [-0.2, 0) is 4.65 Å². The van der Waals surface area contributed by atoms with E-state index in [4.69, 9.17) is 22.0 Å². The highest BCUT2D eigenvalue weighted by Gasteiger charge is 2.35. The lowest BCUT2D eigenvalue weighted by molar-refractivity contribution is -0.0893. The van der Waals surface area contributed by atoms with Crippen molar-refractivity contribution in [1.82, 2.24) is 0 Å². The summed E-state index contributed by atoms with van der Waals surface area (Å²) in [7, 11) is 1.52. The number of rotatable bonds is 4. The van der Waals surface area contributed by atoms with Crippen molar-refractivity contribution in [3.05, 3.63) is 23.2 Å². The Kier molecular flexibility index (Phi) is 4.13. The Morgan fingerprint density at radius 2 is 1.88 bits per heavy atom. The molecule has 0 aromatic heterocycles. The molecule has 0 saturated heterocycles. The molecule has 1 aromatic rings. The molecule has 1 radical (unpaired) electrons. The van der Waals surface area contributed by atoms with Gasteiger partial charge in [0.15, 0.2) is 0 Å². The number of anilines is 1. The fraction of sp³-hybridized carbons (Fsp3) is 0.500. The van der Waals surface area contributed by atoms with Crippen LogP contribution in [0, 0.1) is 0 Å². The molecule has 0 bridgehead atoms. The molecule has 3 N–H and O–H groups in total. The second-order valence-corrected chi connectivity index (χ2v) is 5.43. The summed E-state index contributed by atoms with van der Waals surface area (Å²) < 4.78 is 5.60. The van der Waals surface area contributed by atoms with E-state index in [-0.39, 0.29) is 0 Å². The summed E-state index contributed by atoms with van der Waals surface area (Å²) in [5, 5.41) is 10.4. The first-order chi connectivity index (χ1) is 7.65. The Bertz CT molecular complexity index is 402. The summed E-state index contributed by atoms with van der Waals surface area (Å²) >= 11 is 6.04. The van der Waals surface area contributed by atoms with E-state index < -0.39 is 11.2 Å². The second-order valence-electron chi connectivity index (χ2n) is 5.06. The Morgan fingerprint density at radius 1 is 1.29 bits per heavy atom. The van der Waals surface area contributed by atoms with Gasteiger partial charge in [-0.25, -0.2) is 0 Å². The summed E-state index contributed by atoms with van der Waals surface area (Å²) in [5.74, 6) is 0. The largest absolute Gasteiger partial charge is 0.427 e. The minimum absolute atomic E-state index is 0.457. The zero-order valence-electron chi connectivity index (χ0n) is 10.6. The van der Waals surface area contributed by atoms with Crippen molar-refractivity contribution in [2.24, 2.45) is 0 Å². The van der Waals surface area contributed by atoms with Gasteiger partial charge in [-0.05, 0) is 39.2 Å². The summed E-state index contributed by atoms with van der Waals surface area (Å²) in [4.78, 5) is 0. The lowest BCUT2D eigenvalue weighted by Crippen LogP contribution is -2.49. The topological polar surface area (TPSA) is 55.5 Å². The van der Waals surface area contributed by atoms with E-state index in [1.807, 2.05) is 13.8 Å². The fourth-order valence-electron chi connectivity index (χ4n) is 1.01. The third kappa shape index (κ3) is 3.38. The van der Waals surface area contributed by atoms with Gasteiger partial charge in [-0.2, -0.15) is 0 Å². The van der Waals surface area contributed by atoms with Gasteiger partial charge in [0.1, 0.15) is 0 Å². The number of aliphatic hydroxyl groups is 1. The fourth-order valence-corrected chi connectivity index (χ4v) is 1.18. The van der Waals surface area contributed by atoms with Crippen molar-refractivity contribution in [3.63, 3.8) is 0 Å².